The number of piperidine rings is 1. The second-order valence-electron chi connectivity index (χ2n) is 4.84. The van der Waals surface area contributed by atoms with Crippen molar-refractivity contribution in [2.75, 3.05) is 26.2 Å². The number of likely N-dealkylation sites (tertiary alicyclic amines) is 1. The molecule has 0 saturated carbocycles. The molecule has 0 aromatic carbocycles. The fraction of sp³-hybridized carbons (Fsp3) is 0.917. The monoisotopic (exact) mass is 210 g/mol. The van der Waals surface area contributed by atoms with E-state index in [0.717, 1.165) is 38.9 Å². The minimum atomic E-state index is 0.453. The molecule has 3 heteroatoms. The lowest BCUT2D eigenvalue weighted by Crippen LogP contribution is -2.44. The van der Waals surface area contributed by atoms with Gasteiger partial charge in [0.25, 0.3) is 0 Å². The van der Waals surface area contributed by atoms with E-state index in [2.05, 4.69) is 10.2 Å². The van der Waals surface area contributed by atoms with Gasteiger partial charge in [-0.25, -0.2) is 0 Å². The number of ketones is 1. The average Bonchev–Trinajstić information content (AvgIpc) is 2.46. The van der Waals surface area contributed by atoms with Gasteiger partial charge in [0.2, 0.25) is 0 Å². The summed E-state index contributed by atoms with van der Waals surface area (Å²) in [5.41, 5.74) is 0. The fourth-order valence-electron chi connectivity index (χ4n) is 2.59. The second-order valence-corrected chi connectivity index (χ2v) is 4.84. The van der Waals surface area contributed by atoms with Crippen molar-refractivity contribution in [3.8, 4) is 0 Å². The summed E-state index contributed by atoms with van der Waals surface area (Å²) in [6, 6.07) is 0.673. The van der Waals surface area contributed by atoms with E-state index in [1.54, 1.807) is 0 Å². The Kier molecular flexibility index (Phi) is 4.15. The maximum absolute atomic E-state index is 11.3. The highest BCUT2D eigenvalue weighted by atomic mass is 16.1. The lowest BCUT2D eigenvalue weighted by atomic mass is 10.0. The molecule has 0 aromatic rings. The van der Waals surface area contributed by atoms with E-state index in [0.29, 0.717) is 11.8 Å². The van der Waals surface area contributed by atoms with E-state index >= 15 is 0 Å². The first-order chi connectivity index (χ1) is 7.34. The first kappa shape index (κ1) is 11.1. The van der Waals surface area contributed by atoms with Crippen LogP contribution >= 0.6 is 0 Å². The highest BCUT2D eigenvalue weighted by Gasteiger charge is 2.19. The Bertz CT molecular complexity index is 212. The Morgan fingerprint density at radius 1 is 1.20 bits per heavy atom. The van der Waals surface area contributed by atoms with Crippen LogP contribution in [0.15, 0.2) is 0 Å². The molecule has 2 heterocycles. The number of nitrogens with one attached hydrogen (secondary N) is 1. The molecule has 0 bridgehead atoms. The molecular weight excluding hydrogens is 188 g/mol. The number of Topliss-reactive ketones (excluding diaryl/α,β-unsaturated/α-hetero) is 1. The fourth-order valence-corrected chi connectivity index (χ4v) is 2.59. The Morgan fingerprint density at radius 2 is 2.13 bits per heavy atom. The standard InChI is InChI=1S/C12H22N2O/c15-12-5-3-8-14(9-6-12)10-11-4-1-2-7-13-11/h11,13H,1-10H2. The normalized spacial score (nSPS) is 30.1. The summed E-state index contributed by atoms with van der Waals surface area (Å²) < 4.78 is 0. The maximum Gasteiger partial charge on any atom is 0.134 e. The quantitative estimate of drug-likeness (QED) is 0.743. The Labute approximate surface area is 92.2 Å². The summed E-state index contributed by atoms with van der Waals surface area (Å²) >= 11 is 0. The van der Waals surface area contributed by atoms with E-state index in [1.165, 1.54) is 25.8 Å². The third kappa shape index (κ3) is 3.58. The summed E-state index contributed by atoms with van der Waals surface area (Å²) in [6.07, 6.45) is 6.64. The zero-order valence-corrected chi connectivity index (χ0v) is 9.50. The summed E-state index contributed by atoms with van der Waals surface area (Å²) in [4.78, 5) is 13.7. The van der Waals surface area contributed by atoms with Crippen molar-refractivity contribution < 1.29 is 4.79 Å². The third-order valence-corrected chi connectivity index (χ3v) is 3.53. The van der Waals surface area contributed by atoms with Crippen LogP contribution in [-0.2, 0) is 4.79 Å². The smallest absolute Gasteiger partial charge is 0.134 e. The molecule has 2 fully saturated rings. The van der Waals surface area contributed by atoms with Crippen molar-refractivity contribution in [1.82, 2.24) is 10.2 Å². The number of hydrogen-bond acceptors (Lipinski definition) is 3. The highest BCUT2D eigenvalue weighted by molar-refractivity contribution is 5.78. The van der Waals surface area contributed by atoms with Gasteiger partial charge in [0.1, 0.15) is 5.78 Å². The molecule has 1 N–H and O–H groups in total. The number of carbonyl (C=O) groups is 1. The summed E-state index contributed by atoms with van der Waals surface area (Å²) in [5, 5.41) is 3.57. The van der Waals surface area contributed by atoms with Crippen LogP contribution in [0.5, 0.6) is 0 Å². The van der Waals surface area contributed by atoms with Crippen LogP contribution in [0.3, 0.4) is 0 Å². The van der Waals surface area contributed by atoms with Gasteiger partial charge in [-0.05, 0) is 32.4 Å². The lowest BCUT2D eigenvalue weighted by Gasteiger charge is -2.29. The molecule has 0 spiro atoms. The lowest BCUT2D eigenvalue weighted by molar-refractivity contribution is -0.118. The number of hydrogen-bond donors (Lipinski definition) is 1. The molecule has 0 aliphatic carbocycles. The van der Waals surface area contributed by atoms with Gasteiger partial charge in [0, 0.05) is 32.0 Å². The minimum Gasteiger partial charge on any atom is -0.313 e. The minimum absolute atomic E-state index is 0.453. The molecule has 2 saturated heterocycles. The van der Waals surface area contributed by atoms with Crippen molar-refractivity contribution in [3.63, 3.8) is 0 Å². The average molecular weight is 210 g/mol. The zero-order valence-electron chi connectivity index (χ0n) is 9.50. The summed E-state index contributed by atoms with van der Waals surface area (Å²) in [6.45, 7) is 4.42. The first-order valence-corrected chi connectivity index (χ1v) is 6.32. The number of rotatable bonds is 2. The molecule has 0 amide bonds. The van der Waals surface area contributed by atoms with Gasteiger partial charge in [0.05, 0.1) is 0 Å². The molecule has 86 valence electrons. The summed E-state index contributed by atoms with van der Waals surface area (Å²) in [7, 11) is 0. The Balaban J connectivity index is 1.75. The number of nitrogens with zero attached hydrogens (tertiary/aromatic N) is 1. The molecule has 0 radical (unpaired) electrons. The molecule has 15 heavy (non-hydrogen) atoms. The Hall–Kier alpha value is -0.410. The van der Waals surface area contributed by atoms with Crippen LogP contribution in [0.2, 0.25) is 0 Å². The van der Waals surface area contributed by atoms with Crippen LogP contribution in [-0.4, -0.2) is 42.9 Å². The number of carbonyl (C=O) groups excluding carboxylic acids is 1. The zero-order chi connectivity index (χ0) is 10.5. The van der Waals surface area contributed by atoms with Gasteiger partial charge in [-0.15, -0.1) is 0 Å². The SMILES string of the molecule is O=C1CCCN(CC2CCCCN2)CC1. The van der Waals surface area contributed by atoms with E-state index in [4.69, 9.17) is 0 Å². The maximum atomic E-state index is 11.3. The third-order valence-electron chi connectivity index (χ3n) is 3.53. The van der Waals surface area contributed by atoms with Gasteiger partial charge in [0.15, 0.2) is 0 Å². The molecule has 2 aliphatic rings. The van der Waals surface area contributed by atoms with Crippen molar-refractivity contribution >= 4 is 5.78 Å². The van der Waals surface area contributed by atoms with Crippen LogP contribution in [0.4, 0.5) is 0 Å². The topological polar surface area (TPSA) is 32.3 Å². The van der Waals surface area contributed by atoms with Gasteiger partial charge in [-0.2, -0.15) is 0 Å². The van der Waals surface area contributed by atoms with Gasteiger partial charge in [-0.3, -0.25) is 4.79 Å². The second kappa shape index (κ2) is 5.61. The predicted molar refractivity (Wildman–Crippen MR) is 60.9 cm³/mol. The van der Waals surface area contributed by atoms with Crippen LogP contribution in [0.1, 0.15) is 38.5 Å². The predicted octanol–water partition coefficient (Wildman–Crippen LogP) is 1.18. The molecule has 1 unspecified atom stereocenters. The van der Waals surface area contributed by atoms with E-state index in [1.807, 2.05) is 0 Å². The van der Waals surface area contributed by atoms with Gasteiger partial charge in [-0.1, -0.05) is 6.42 Å². The van der Waals surface area contributed by atoms with Crippen LogP contribution in [0.25, 0.3) is 0 Å². The molecule has 2 aliphatic heterocycles. The van der Waals surface area contributed by atoms with Crippen LogP contribution < -0.4 is 5.32 Å². The largest absolute Gasteiger partial charge is 0.313 e. The summed E-state index contributed by atoms with van der Waals surface area (Å²) in [5.74, 6) is 0.453. The van der Waals surface area contributed by atoms with Gasteiger partial charge >= 0.3 is 0 Å². The van der Waals surface area contributed by atoms with E-state index in [-0.39, 0.29) is 0 Å². The van der Waals surface area contributed by atoms with E-state index in [9.17, 15) is 4.79 Å². The molecule has 3 nitrogen and oxygen atoms in total. The van der Waals surface area contributed by atoms with Crippen LogP contribution in [0, 0.1) is 0 Å². The van der Waals surface area contributed by atoms with Crippen molar-refractivity contribution in [1.29, 1.82) is 0 Å². The first-order valence-electron chi connectivity index (χ1n) is 6.32. The van der Waals surface area contributed by atoms with Crippen molar-refractivity contribution in [3.05, 3.63) is 0 Å². The van der Waals surface area contributed by atoms with Gasteiger partial charge < -0.3 is 10.2 Å². The molecule has 2 rings (SSSR count). The van der Waals surface area contributed by atoms with E-state index < -0.39 is 0 Å². The van der Waals surface area contributed by atoms with Crippen molar-refractivity contribution in [2.24, 2.45) is 0 Å². The van der Waals surface area contributed by atoms with Crippen molar-refractivity contribution in [2.45, 2.75) is 44.6 Å². The molecule has 1 atom stereocenters. The molecular formula is C12H22N2O. The Morgan fingerprint density at radius 3 is 2.93 bits per heavy atom. The molecule has 0 aromatic heterocycles. The highest BCUT2D eigenvalue weighted by Crippen LogP contribution is 2.12.